The van der Waals surface area contributed by atoms with Crippen LogP contribution < -0.4 is 15.5 Å². The molecule has 2 amide bonds. The number of hydroxylamine groups is 1. The Morgan fingerprint density at radius 3 is 2.54 bits per heavy atom. The van der Waals surface area contributed by atoms with Gasteiger partial charge in [-0.2, -0.15) is 0 Å². The molecule has 4 rings (SSSR count). The summed E-state index contributed by atoms with van der Waals surface area (Å²) in [5, 5.41) is 11.9. The number of aromatic nitrogens is 2. The fourth-order valence-electron chi connectivity index (χ4n) is 3.57. The molecule has 10 nitrogen and oxygen atoms in total. The number of sulfonamides is 1. The summed E-state index contributed by atoms with van der Waals surface area (Å²) < 4.78 is 28.2. The molecule has 0 aliphatic rings. The molecule has 0 aliphatic carbocycles. The predicted molar refractivity (Wildman–Crippen MR) is 148 cm³/mol. The molecule has 0 fully saturated rings. The van der Waals surface area contributed by atoms with Crippen LogP contribution in [0.3, 0.4) is 0 Å². The highest BCUT2D eigenvalue weighted by atomic mass is 35.5. The number of carbonyl (C=O) groups is 2. The minimum absolute atomic E-state index is 0.0218. The monoisotopic (exact) mass is 563 g/mol. The fourth-order valence-corrected chi connectivity index (χ4v) is 4.84. The zero-order chi connectivity index (χ0) is 28.0. The Balaban J connectivity index is 1.50. The number of amides is 2. The minimum Gasteiger partial charge on any atom is -0.322 e. The van der Waals surface area contributed by atoms with Crippen LogP contribution in [0.25, 0.3) is 17.3 Å². The van der Waals surface area contributed by atoms with Gasteiger partial charge in [-0.1, -0.05) is 29.8 Å². The number of pyridine rings is 2. The third-order valence-electron chi connectivity index (χ3n) is 5.44. The van der Waals surface area contributed by atoms with Gasteiger partial charge in [-0.05, 0) is 73.2 Å². The number of anilines is 2. The van der Waals surface area contributed by atoms with E-state index in [1.54, 1.807) is 43.5 Å². The van der Waals surface area contributed by atoms with Crippen molar-refractivity contribution in [3.63, 3.8) is 0 Å². The van der Waals surface area contributed by atoms with Gasteiger partial charge in [-0.25, -0.2) is 18.9 Å². The average Bonchev–Trinajstić information content (AvgIpc) is 2.93. The topological polar surface area (TPSA) is 150 Å². The number of benzene rings is 2. The molecule has 198 valence electrons. The van der Waals surface area contributed by atoms with Gasteiger partial charge in [0.25, 0.3) is 21.8 Å². The first kappa shape index (κ1) is 27.5. The summed E-state index contributed by atoms with van der Waals surface area (Å²) >= 11 is 6.32. The molecule has 2 heterocycles. The van der Waals surface area contributed by atoms with Crippen LogP contribution in [0, 0.1) is 6.92 Å². The molecule has 2 aromatic heterocycles. The van der Waals surface area contributed by atoms with E-state index in [2.05, 4.69) is 20.0 Å². The van der Waals surface area contributed by atoms with Gasteiger partial charge in [0.2, 0.25) is 0 Å². The molecular formula is C27H22ClN5O5S. The zero-order valence-corrected chi connectivity index (χ0v) is 22.0. The molecule has 0 atom stereocenters. The molecule has 0 bridgehead atoms. The SMILES string of the molecule is Cc1nc(NS(=O)(=O)c2cccc(C=CC(=O)NO)c2)ccc1C(=O)Nc1ccc(Cl)c(-c2ccccn2)c1. The molecule has 2 aromatic carbocycles. The highest BCUT2D eigenvalue weighted by molar-refractivity contribution is 7.92. The van der Waals surface area contributed by atoms with E-state index >= 15 is 0 Å². The van der Waals surface area contributed by atoms with E-state index in [-0.39, 0.29) is 16.3 Å². The lowest BCUT2D eigenvalue weighted by Crippen LogP contribution is -2.17. The number of hydrogen-bond donors (Lipinski definition) is 4. The second-order valence-corrected chi connectivity index (χ2v) is 10.3. The summed E-state index contributed by atoms with van der Waals surface area (Å²) in [6.45, 7) is 1.59. The van der Waals surface area contributed by atoms with Gasteiger partial charge < -0.3 is 5.32 Å². The quantitative estimate of drug-likeness (QED) is 0.138. The maximum atomic E-state index is 13.0. The molecule has 0 aliphatic heterocycles. The van der Waals surface area contributed by atoms with Gasteiger partial charge in [0.15, 0.2) is 0 Å². The van der Waals surface area contributed by atoms with Crippen molar-refractivity contribution in [2.24, 2.45) is 0 Å². The van der Waals surface area contributed by atoms with Crippen molar-refractivity contribution in [3.05, 3.63) is 107 Å². The van der Waals surface area contributed by atoms with Crippen LogP contribution in [-0.4, -0.2) is 35.4 Å². The van der Waals surface area contributed by atoms with E-state index in [1.807, 2.05) is 12.1 Å². The zero-order valence-electron chi connectivity index (χ0n) is 20.4. The molecular weight excluding hydrogens is 542 g/mol. The molecule has 0 saturated carbocycles. The second kappa shape index (κ2) is 11.9. The number of rotatable bonds is 8. The first-order chi connectivity index (χ1) is 18.7. The van der Waals surface area contributed by atoms with Crippen LogP contribution in [0.4, 0.5) is 11.5 Å². The third-order valence-corrected chi connectivity index (χ3v) is 7.12. The summed E-state index contributed by atoms with van der Waals surface area (Å²) in [5.74, 6) is -1.17. The third kappa shape index (κ3) is 6.85. The van der Waals surface area contributed by atoms with Gasteiger partial charge in [0, 0.05) is 23.5 Å². The van der Waals surface area contributed by atoms with Crippen molar-refractivity contribution in [2.45, 2.75) is 11.8 Å². The molecule has 0 spiro atoms. The standard InChI is InChI=1S/C27H22ClN5O5S/c1-17-21(27(35)31-19-9-11-23(28)22(16-19)24-7-2-3-14-29-24)10-12-25(30-17)33-39(37,38)20-6-4-5-18(15-20)8-13-26(34)32-36/h2-16,36H,1H3,(H,30,33)(H,31,35)(H,32,34). The Morgan fingerprint density at radius 2 is 1.82 bits per heavy atom. The van der Waals surface area contributed by atoms with Crippen LogP contribution in [0.2, 0.25) is 5.02 Å². The maximum Gasteiger partial charge on any atom is 0.267 e. The first-order valence-corrected chi connectivity index (χ1v) is 13.3. The van der Waals surface area contributed by atoms with E-state index in [9.17, 15) is 18.0 Å². The highest BCUT2D eigenvalue weighted by Gasteiger charge is 2.18. The van der Waals surface area contributed by atoms with Gasteiger partial charge in [-0.15, -0.1) is 0 Å². The molecule has 12 heteroatoms. The highest BCUT2D eigenvalue weighted by Crippen LogP contribution is 2.29. The first-order valence-electron chi connectivity index (χ1n) is 11.4. The summed E-state index contributed by atoms with van der Waals surface area (Å²) in [4.78, 5) is 32.6. The van der Waals surface area contributed by atoms with E-state index in [0.29, 0.717) is 33.2 Å². The van der Waals surface area contributed by atoms with Crippen molar-refractivity contribution in [1.29, 1.82) is 0 Å². The summed E-state index contributed by atoms with van der Waals surface area (Å²) in [5.41, 5.74) is 4.25. The Kier molecular flexibility index (Phi) is 8.35. The lowest BCUT2D eigenvalue weighted by molar-refractivity contribution is -0.124. The Labute approximate surface area is 229 Å². The lowest BCUT2D eigenvalue weighted by atomic mass is 10.1. The predicted octanol–water partition coefficient (Wildman–Crippen LogP) is 4.68. The van der Waals surface area contributed by atoms with Gasteiger partial charge in [0.1, 0.15) is 5.82 Å². The average molecular weight is 564 g/mol. The van der Waals surface area contributed by atoms with E-state index in [4.69, 9.17) is 16.8 Å². The number of hydrogen-bond acceptors (Lipinski definition) is 7. The van der Waals surface area contributed by atoms with Crippen molar-refractivity contribution >= 4 is 51.0 Å². The molecule has 0 unspecified atom stereocenters. The van der Waals surface area contributed by atoms with E-state index in [0.717, 1.165) is 6.08 Å². The van der Waals surface area contributed by atoms with Gasteiger partial charge in [0.05, 0.1) is 26.9 Å². The number of aryl methyl sites for hydroxylation is 1. The number of nitrogens with zero attached hydrogens (tertiary/aromatic N) is 2. The number of nitrogens with one attached hydrogen (secondary N) is 3. The Morgan fingerprint density at radius 1 is 1.00 bits per heavy atom. The fraction of sp³-hybridized carbons (Fsp3) is 0.0370. The summed E-state index contributed by atoms with van der Waals surface area (Å²) in [6.07, 6.45) is 4.05. The maximum absolute atomic E-state index is 13.0. The molecule has 0 saturated heterocycles. The van der Waals surface area contributed by atoms with Crippen LogP contribution in [0.15, 0.2) is 90.0 Å². The number of carbonyl (C=O) groups excluding carboxylic acids is 2. The van der Waals surface area contributed by atoms with Crippen LogP contribution in [-0.2, 0) is 14.8 Å². The van der Waals surface area contributed by atoms with Gasteiger partial charge >= 0.3 is 0 Å². The van der Waals surface area contributed by atoms with Crippen molar-refractivity contribution < 1.29 is 23.2 Å². The van der Waals surface area contributed by atoms with E-state index < -0.39 is 21.8 Å². The second-order valence-electron chi connectivity index (χ2n) is 8.18. The molecule has 0 radical (unpaired) electrons. The molecule has 4 N–H and O–H groups in total. The molecule has 39 heavy (non-hydrogen) atoms. The largest absolute Gasteiger partial charge is 0.322 e. The smallest absolute Gasteiger partial charge is 0.267 e. The minimum atomic E-state index is -4.03. The lowest BCUT2D eigenvalue weighted by Gasteiger charge is -2.12. The van der Waals surface area contributed by atoms with Crippen LogP contribution >= 0.6 is 11.6 Å². The Bertz CT molecular complexity index is 1680. The van der Waals surface area contributed by atoms with E-state index in [1.165, 1.54) is 41.9 Å². The number of halogens is 1. The van der Waals surface area contributed by atoms with Crippen molar-refractivity contribution in [2.75, 3.05) is 10.0 Å². The van der Waals surface area contributed by atoms with Crippen LogP contribution in [0.5, 0.6) is 0 Å². The summed E-state index contributed by atoms with van der Waals surface area (Å²) in [6, 6.07) is 19.2. The van der Waals surface area contributed by atoms with Crippen LogP contribution in [0.1, 0.15) is 21.6 Å². The Hall–Kier alpha value is -4.58. The summed E-state index contributed by atoms with van der Waals surface area (Å²) in [7, 11) is -4.03. The molecule has 4 aromatic rings. The van der Waals surface area contributed by atoms with Crippen molar-refractivity contribution in [1.82, 2.24) is 15.4 Å². The normalized spacial score (nSPS) is 11.3. The van der Waals surface area contributed by atoms with Crippen molar-refractivity contribution in [3.8, 4) is 11.3 Å². The van der Waals surface area contributed by atoms with Gasteiger partial charge in [-0.3, -0.25) is 24.5 Å².